The molecule has 0 bridgehead atoms. The molecule has 0 amide bonds. The number of ether oxygens (including phenoxy) is 2. The van der Waals surface area contributed by atoms with Crippen molar-refractivity contribution in [3.05, 3.63) is 140 Å². The van der Waals surface area contributed by atoms with Crippen LogP contribution < -0.4 is 168 Å². The van der Waals surface area contributed by atoms with Gasteiger partial charge >= 0.3 is 138 Å². The minimum absolute atomic E-state index is 0. The summed E-state index contributed by atoms with van der Waals surface area (Å²) in [5.41, 5.74) is 4.12. The Balaban J connectivity index is 0.000000903. The maximum Gasteiger partial charge on any atom is 1.00 e. The molecular formula is C43H42BrCl3Cs2F3N9O8. The second kappa shape index (κ2) is 33.4. The first-order chi connectivity index (χ1) is 31.9. The third kappa shape index (κ3) is 21.0. The van der Waals surface area contributed by atoms with Crippen molar-refractivity contribution in [1.29, 1.82) is 0 Å². The van der Waals surface area contributed by atoms with E-state index in [4.69, 9.17) is 59.4 Å². The predicted molar refractivity (Wildman–Crippen MR) is 248 cm³/mol. The van der Waals surface area contributed by atoms with Crippen molar-refractivity contribution >= 4 is 86.2 Å². The first-order valence-corrected chi connectivity index (χ1v) is 21.4. The van der Waals surface area contributed by atoms with Gasteiger partial charge in [-0.25, -0.2) is 28.1 Å². The van der Waals surface area contributed by atoms with E-state index in [0.717, 1.165) is 11.1 Å². The number of aryl methyl sites for hydroxylation is 3. The molecule has 1 aliphatic heterocycles. The topological polar surface area (TPSA) is 227 Å². The first-order valence-electron chi connectivity index (χ1n) is 19.1. The van der Waals surface area contributed by atoms with Gasteiger partial charge in [0.15, 0.2) is 52.9 Å². The summed E-state index contributed by atoms with van der Waals surface area (Å²) in [6.07, 6.45) is 4.18. The Labute approximate surface area is 537 Å². The molecule has 4 heterocycles. The number of anilines is 3. The Morgan fingerprint density at radius 3 is 1.80 bits per heavy atom. The maximum atomic E-state index is 13.2. The number of Topliss-reactive ketones (excluding diaryl/α,β-unsaturated/α-hetero) is 2. The summed E-state index contributed by atoms with van der Waals surface area (Å²) < 4.78 is 49.9. The number of ketones is 2. The fourth-order valence-corrected chi connectivity index (χ4v) is 6.48. The number of likely N-dealkylation sites (N-methyl/N-ethyl adjacent to an activating group) is 1. The smallest absolute Gasteiger partial charge is 1.00 e. The Morgan fingerprint density at radius 1 is 0.826 bits per heavy atom. The number of benzene rings is 3. The van der Waals surface area contributed by atoms with Crippen molar-refractivity contribution in [2.75, 3.05) is 55.2 Å². The maximum absolute atomic E-state index is 13.2. The largest absolute Gasteiger partial charge is 1.00 e. The van der Waals surface area contributed by atoms with Crippen LogP contribution in [-0.2, 0) is 9.68 Å². The number of rotatable bonds is 10. The molecular weight excluding hydrogens is 1280 g/mol. The van der Waals surface area contributed by atoms with Gasteiger partial charge in [-0.15, -0.1) is 0 Å². The van der Waals surface area contributed by atoms with Gasteiger partial charge in [-0.1, -0.05) is 22.0 Å². The minimum atomic E-state index is -0.381. The summed E-state index contributed by atoms with van der Waals surface area (Å²) in [7, 11) is 5.20. The molecule has 0 saturated carbocycles. The number of alkyl halides is 1. The third-order valence-electron chi connectivity index (χ3n) is 8.93. The molecule has 26 heteroatoms. The number of hydrogen-bond acceptors (Lipinski definition) is 17. The average molecular weight is 1320 g/mol. The molecule has 17 nitrogen and oxygen atoms in total. The van der Waals surface area contributed by atoms with Crippen molar-refractivity contribution in [1.82, 2.24) is 29.9 Å². The number of carbonyl (C=O) groups is 3. The molecule has 1 unspecified atom stereocenters. The van der Waals surface area contributed by atoms with Gasteiger partial charge in [-0.05, 0) is 126 Å². The zero-order valence-corrected chi connectivity index (χ0v) is 54.7. The summed E-state index contributed by atoms with van der Waals surface area (Å²) in [4.78, 5) is 59.6. The van der Waals surface area contributed by atoms with E-state index >= 15 is 0 Å². The van der Waals surface area contributed by atoms with Crippen molar-refractivity contribution < 1.29 is 191 Å². The van der Waals surface area contributed by atoms with Crippen LogP contribution in [-0.4, -0.2) is 92.7 Å². The van der Waals surface area contributed by atoms with E-state index in [1.54, 1.807) is 40.2 Å². The fraction of sp³-hybridized carbons (Fsp3) is 0.233. The van der Waals surface area contributed by atoms with Gasteiger partial charge in [0.2, 0.25) is 15.9 Å². The van der Waals surface area contributed by atoms with Crippen LogP contribution in [0.5, 0.6) is 17.2 Å². The number of nitrogens with one attached hydrogen (secondary N) is 2. The van der Waals surface area contributed by atoms with Crippen LogP contribution in [0.15, 0.2) is 73.2 Å². The van der Waals surface area contributed by atoms with E-state index < -0.39 is 0 Å². The quantitative estimate of drug-likeness (QED) is 0.0446. The molecule has 6 aromatic rings. The van der Waals surface area contributed by atoms with Crippen molar-refractivity contribution in [3.63, 3.8) is 0 Å². The molecule has 0 aliphatic carbocycles. The van der Waals surface area contributed by atoms with E-state index in [-0.39, 0.29) is 214 Å². The predicted octanol–water partition coefficient (Wildman–Crippen LogP) is 2.17. The molecule has 3 aromatic heterocycles. The van der Waals surface area contributed by atoms with Gasteiger partial charge < -0.3 is 41.7 Å². The van der Waals surface area contributed by atoms with Gasteiger partial charge in [-0.3, -0.25) is 14.4 Å². The monoisotopic (exact) mass is 1320 g/mol. The SMILES string of the molecule is CNc1nc(Cl)ncc1O.CNc1nc(Cl)ncc1OCC(=O)c1ccc(F)cc1C.Cc1cc(F)ccc1C(=O)CBr.Cc1cc(F)ccc1C1COc2cnc(Cl)nc2N1C.O=CO[O-].[Cs+].[Cs+].[H-]. The Morgan fingerprint density at radius 2 is 1.30 bits per heavy atom. The molecule has 1 atom stereocenters. The average Bonchev–Trinajstić information content (AvgIpc) is 3.30. The van der Waals surface area contributed by atoms with Gasteiger partial charge in [0, 0.05) is 32.3 Å². The second-order valence-electron chi connectivity index (χ2n) is 13.4. The number of carbonyl (C=O) groups excluding carboxylic acids is 3. The molecule has 0 saturated heterocycles. The standard InChI is InChI=1S/C14H13ClFN3O2.C14H13ClFN3O.C9H8BrFO.C5H6ClN3O.CH2O3.2Cs.H/c1-8-5-9(16)3-4-10(8)11(20)7-21-12-6-18-14(15)19-13(12)17-2;1-8-5-9(16)3-4-10(8)11-7-20-12-6-17-14(15)18-13(12)19(11)2;1-6-4-7(11)2-3-8(6)9(12)5-10;1-7-4-3(10)2-8-5(6)9-4;2-1-4-3;;;/h3-6H,7H2,1-2H3,(H,17,18,19);3-6,11H,7H2,1-2H3;2-4H,5H2,1H3;2,10H,1H3,(H,7,8,9);1,3H;;;/q;;;;;2*+1;-1/p-1. The molecule has 0 fully saturated rings. The molecule has 7 rings (SSSR count). The zero-order valence-electron chi connectivity index (χ0n) is 39.3. The van der Waals surface area contributed by atoms with Crippen LogP contribution in [0.4, 0.5) is 30.6 Å². The summed E-state index contributed by atoms with van der Waals surface area (Å²) >= 11 is 20.0. The van der Waals surface area contributed by atoms with Gasteiger partial charge in [-0.2, -0.15) is 15.0 Å². The molecule has 69 heavy (non-hydrogen) atoms. The number of aromatic hydroxyl groups is 1. The van der Waals surface area contributed by atoms with Crippen molar-refractivity contribution in [2.24, 2.45) is 0 Å². The molecule has 0 spiro atoms. The number of nitrogens with zero attached hydrogens (tertiary/aromatic N) is 7. The van der Waals surface area contributed by atoms with E-state index in [0.29, 0.717) is 57.8 Å². The van der Waals surface area contributed by atoms with Crippen LogP contribution in [0.2, 0.25) is 15.9 Å². The van der Waals surface area contributed by atoms with Gasteiger partial charge in [0.1, 0.15) is 24.1 Å². The molecule has 1 aliphatic rings. The third-order valence-corrected chi connectivity index (χ3v) is 9.99. The first kappa shape index (κ1) is 64.7. The van der Waals surface area contributed by atoms with Crippen LogP contribution in [0.3, 0.4) is 0 Å². The number of hydrogen-bond donors (Lipinski definition) is 3. The summed E-state index contributed by atoms with van der Waals surface area (Å²) in [6.45, 7) is 5.35. The van der Waals surface area contributed by atoms with Crippen molar-refractivity contribution in [2.45, 2.75) is 26.8 Å². The zero-order chi connectivity index (χ0) is 49.8. The second-order valence-corrected chi connectivity index (χ2v) is 14.9. The molecule has 3 aromatic carbocycles. The van der Waals surface area contributed by atoms with E-state index in [2.05, 4.69) is 61.4 Å². The summed E-state index contributed by atoms with van der Waals surface area (Å²) in [6, 6.07) is 12.9. The number of fused-ring (bicyclic) bond motifs is 1. The Hall–Kier alpha value is -2.29. The van der Waals surface area contributed by atoms with Crippen LogP contribution in [0, 0.1) is 38.2 Å². The van der Waals surface area contributed by atoms with E-state index in [1.807, 2.05) is 18.9 Å². The van der Waals surface area contributed by atoms with E-state index in [1.165, 1.54) is 60.9 Å². The van der Waals surface area contributed by atoms with Crippen LogP contribution >= 0.6 is 50.7 Å². The summed E-state index contributed by atoms with van der Waals surface area (Å²) in [5.74, 6) is 1.07. The number of halogens is 7. The van der Waals surface area contributed by atoms with Gasteiger partial charge in [0.25, 0.3) is 6.47 Å². The van der Waals surface area contributed by atoms with Crippen molar-refractivity contribution in [3.8, 4) is 17.2 Å². The molecule has 3 N–H and O–H groups in total. The van der Waals surface area contributed by atoms with Gasteiger partial charge in [0.05, 0.1) is 30.0 Å². The van der Waals surface area contributed by atoms with Crippen LogP contribution in [0.1, 0.15) is 50.4 Å². The Bertz CT molecular complexity index is 2670. The van der Waals surface area contributed by atoms with E-state index in [9.17, 15) is 22.8 Å². The molecule has 0 radical (unpaired) electrons. The fourth-order valence-electron chi connectivity index (χ4n) is 5.78. The number of aromatic nitrogens is 6. The van der Waals surface area contributed by atoms with Crippen LogP contribution in [0.25, 0.3) is 0 Å². The summed E-state index contributed by atoms with van der Waals surface area (Å²) in [5, 5.41) is 23.5. The minimum Gasteiger partial charge on any atom is -1.00 e. The normalized spacial score (nSPS) is 11.6. The Kier molecular flexibility index (Phi) is 31.4. The molecule has 358 valence electrons.